The number of aromatic nitrogens is 1. The minimum atomic E-state index is -3.55. The Bertz CT molecular complexity index is 1180. The van der Waals surface area contributed by atoms with Gasteiger partial charge < -0.3 is 10.6 Å². The van der Waals surface area contributed by atoms with Gasteiger partial charge in [-0.05, 0) is 55.0 Å². The van der Waals surface area contributed by atoms with Gasteiger partial charge in [0.2, 0.25) is 0 Å². The number of nitrogens with one attached hydrogen (secondary N) is 2. The van der Waals surface area contributed by atoms with Crippen LogP contribution in [-0.4, -0.2) is 49.3 Å². The Morgan fingerprint density at radius 2 is 1.97 bits per heavy atom. The highest BCUT2D eigenvalue weighted by atomic mass is 35.5. The average molecular weight is 505 g/mol. The SMILES string of the molecule is O=C(NCc1ccc(S(=O)(=O)N2CCC(NCCc3ccccn3)C2)s1)c1ccc(Cl)cc1. The molecule has 1 aliphatic rings. The van der Waals surface area contributed by atoms with Gasteiger partial charge in [0.1, 0.15) is 4.21 Å². The summed E-state index contributed by atoms with van der Waals surface area (Å²) in [6, 6.07) is 15.9. The van der Waals surface area contributed by atoms with Gasteiger partial charge >= 0.3 is 0 Å². The fourth-order valence-corrected chi connectivity index (χ4v) is 6.73. The van der Waals surface area contributed by atoms with E-state index in [-0.39, 0.29) is 18.5 Å². The van der Waals surface area contributed by atoms with Gasteiger partial charge in [0.15, 0.2) is 0 Å². The van der Waals surface area contributed by atoms with Crippen LogP contribution in [0.1, 0.15) is 27.3 Å². The molecule has 0 bridgehead atoms. The molecule has 2 N–H and O–H groups in total. The van der Waals surface area contributed by atoms with Gasteiger partial charge in [0.05, 0.1) is 6.54 Å². The van der Waals surface area contributed by atoms with E-state index in [0.29, 0.717) is 27.9 Å². The van der Waals surface area contributed by atoms with E-state index in [1.54, 1.807) is 42.6 Å². The molecular weight excluding hydrogens is 480 g/mol. The lowest BCUT2D eigenvalue weighted by Crippen LogP contribution is -2.35. The van der Waals surface area contributed by atoms with Crippen molar-refractivity contribution in [1.29, 1.82) is 0 Å². The van der Waals surface area contributed by atoms with E-state index in [9.17, 15) is 13.2 Å². The number of carbonyl (C=O) groups excluding carboxylic acids is 1. The number of rotatable bonds is 9. The molecule has 10 heteroatoms. The summed E-state index contributed by atoms with van der Waals surface area (Å²) in [5, 5.41) is 6.82. The predicted molar refractivity (Wildman–Crippen MR) is 130 cm³/mol. The van der Waals surface area contributed by atoms with Gasteiger partial charge in [-0.3, -0.25) is 9.78 Å². The van der Waals surface area contributed by atoms with Crippen molar-refractivity contribution in [2.75, 3.05) is 19.6 Å². The van der Waals surface area contributed by atoms with Crippen molar-refractivity contribution in [3.63, 3.8) is 0 Å². The topological polar surface area (TPSA) is 91.4 Å². The van der Waals surface area contributed by atoms with Crippen LogP contribution in [0.3, 0.4) is 0 Å². The van der Waals surface area contributed by atoms with Crippen LogP contribution >= 0.6 is 22.9 Å². The van der Waals surface area contributed by atoms with E-state index < -0.39 is 10.0 Å². The van der Waals surface area contributed by atoms with Crippen molar-refractivity contribution in [3.05, 3.63) is 82.0 Å². The van der Waals surface area contributed by atoms with Gasteiger partial charge in [0.25, 0.3) is 15.9 Å². The fraction of sp³-hybridized carbons (Fsp3) is 0.304. The second-order valence-electron chi connectivity index (χ2n) is 7.78. The molecule has 0 aliphatic carbocycles. The zero-order valence-electron chi connectivity index (χ0n) is 17.9. The number of pyridine rings is 1. The average Bonchev–Trinajstić information content (AvgIpc) is 3.49. The molecule has 7 nitrogen and oxygen atoms in total. The lowest BCUT2D eigenvalue weighted by atomic mass is 10.2. The number of amides is 1. The number of carbonyl (C=O) groups is 1. The monoisotopic (exact) mass is 504 g/mol. The maximum absolute atomic E-state index is 13.1. The standard InChI is InChI=1S/C23H25ClN4O3S2/c24-18-6-4-17(5-7-18)23(29)27-15-21-8-9-22(32-21)33(30,31)28-14-11-20(16-28)26-13-10-19-3-1-2-12-25-19/h1-9,12,20,26H,10-11,13-16H2,(H,27,29). The second kappa shape index (κ2) is 10.8. The van der Waals surface area contributed by atoms with Gasteiger partial charge in [-0.1, -0.05) is 17.7 Å². The van der Waals surface area contributed by atoms with Crippen molar-refractivity contribution >= 4 is 38.9 Å². The first-order valence-electron chi connectivity index (χ1n) is 10.7. The molecule has 1 aromatic carbocycles. The van der Waals surface area contributed by atoms with Crippen LogP contribution in [0.25, 0.3) is 0 Å². The summed E-state index contributed by atoms with van der Waals surface area (Å²) in [5.74, 6) is -0.233. The zero-order valence-corrected chi connectivity index (χ0v) is 20.3. The molecular formula is C23H25ClN4O3S2. The van der Waals surface area contributed by atoms with E-state index in [1.807, 2.05) is 18.2 Å². The highest BCUT2D eigenvalue weighted by Gasteiger charge is 2.33. The Morgan fingerprint density at radius 3 is 2.73 bits per heavy atom. The first-order chi connectivity index (χ1) is 15.9. The van der Waals surface area contributed by atoms with Crippen LogP contribution in [0, 0.1) is 0 Å². The molecule has 1 unspecified atom stereocenters. The molecule has 174 valence electrons. The predicted octanol–water partition coefficient (Wildman–Crippen LogP) is 3.32. The Hall–Kier alpha value is -2.30. The van der Waals surface area contributed by atoms with E-state index in [2.05, 4.69) is 15.6 Å². The molecule has 33 heavy (non-hydrogen) atoms. The Labute approximate surface area is 202 Å². The summed E-state index contributed by atoms with van der Waals surface area (Å²) in [6.07, 6.45) is 3.36. The largest absolute Gasteiger partial charge is 0.347 e. The van der Waals surface area contributed by atoms with Crippen molar-refractivity contribution in [2.45, 2.75) is 29.6 Å². The molecule has 4 rings (SSSR count). The minimum absolute atomic E-state index is 0.126. The first-order valence-corrected chi connectivity index (χ1v) is 13.3. The number of sulfonamides is 1. The van der Waals surface area contributed by atoms with Crippen molar-refractivity contribution in [3.8, 4) is 0 Å². The number of thiophene rings is 1. The number of halogens is 1. The molecule has 3 aromatic rings. The van der Waals surface area contributed by atoms with Gasteiger partial charge in [-0.25, -0.2) is 8.42 Å². The van der Waals surface area contributed by atoms with Crippen LogP contribution in [0.2, 0.25) is 5.02 Å². The van der Waals surface area contributed by atoms with Gasteiger partial charge in [-0.15, -0.1) is 11.3 Å². The Kier molecular flexibility index (Phi) is 7.77. The lowest BCUT2D eigenvalue weighted by molar-refractivity contribution is 0.0951. The normalized spacial score (nSPS) is 16.7. The maximum Gasteiger partial charge on any atom is 0.252 e. The summed E-state index contributed by atoms with van der Waals surface area (Å²) in [7, 11) is -3.55. The van der Waals surface area contributed by atoms with Crippen LogP contribution in [-0.2, 0) is 23.0 Å². The Balaban J connectivity index is 1.28. The molecule has 1 aliphatic heterocycles. The summed E-state index contributed by atoms with van der Waals surface area (Å²) < 4.78 is 28.0. The van der Waals surface area contributed by atoms with Crippen LogP contribution in [0.15, 0.2) is 65.0 Å². The summed E-state index contributed by atoms with van der Waals surface area (Å²) >= 11 is 7.04. The highest BCUT2D eigenvalue weighted by Crippen LogP contribution is 2.27. The minimum Gasteiger partial charge on any atom is -0.347 e. The molecule has 1 atom stereocenters. The van der Waals surface area contributed by atoms with Crippen molar-refractivity contribution < 1.29 is 13.2 Å². The summed E-state index contributed by atoms with van der Waals surface area (Å²) in [6.45, 7) is 1.96. The number of benzene rings is 1. The first kappa shape index (κ1) is 23.8. The van der Waals surface area contributed by atoms with Gasteiger partial charge in [0, 0.05) is 59.5 Å². The molecule has 0 spiro atoms. The van der Waals surface area contributed by atoms with E-state index in [1.165, 1.54) is 15.6 Å². The second-order valence-corrected chi connectivity index (χ2v) is 11.6. The molecule has 1 fully saturated rings. The van der Waals surface area contributed by atoms with E-state index in [4.69, 9.17) is 11.6 Å². The molecule has 1 amide bonds. The third-order valence-electron chi connectivity index (χ3n) is 5.45. The lowest BCUT2D eigenvalue weighted by Gasteiger charge is -2.16. The van der Waals surface area contributed by atoms with Crippen molar-refractivity contribution in [1.82, 2.24) is 19.9 Å². The summed E-state index contributed by atoms with van der Waals surface area (Å²) in [4.78, 5) is 17.4. The molecule has 3 heterocycles. The van der Waals surface area contributed by atoms with Crippen molar-refractivity contribution in [2.24, 2.45) is 0 Å². The zero-order chi connectivity index (χ0) is 23.3. The summed E-state index contributed by atoms with van der Waals surface area (Å²) in [5.41, 5.74) is 1.52. The Morgan fingerprint density at radius 1 is 1.15 bits per heavy atom. The molecule has 2 aromatic heterocycles. The van der Waals surface area contributed by atoms with E-state index in [0.717, 1.165) is 30.0 Å². The van der Waals surface area contributed by atoms with Crippen LogP contribution < -0.4 is 10.6 Å². The van der Waals surface area contributed by atoms with Crippen LogP contribution in [0.5, 0.6) is 0 Å². The number of nitrogens with zero attached hydrogens (tertiary/aromatic N) is 2. The maximum atomic E-state index is 13.1. The third-order valence-corrected chi connectivity index (χ3v) is 9.12. The molecule has 1 saturated heterocycles. The van der Waals surface area contributed by atoms with Gasteiger partial charge in [-0.2, -0.15) is 4.31 Å². The highest BCUT2D eigenvalue weighted by molar-refractivity contribution is 7.91. The molecule has 0 saturated carbocycles. The number of hydrogen-bond donors (Lipinski definition) is 2. The smallest absolute Gasteiger partial charge is 0.252 e. The quantitative estimate of drug-likeness (QED) is 0.466. The number of hydrogen-bond acceptors (Lipinski definition) is 6. The van der Waals surface area contributed by atoms with E-state index >= 15 is 0 Å². The molecule has 0 radical (unpaired) electrons. The fourth-order valence-electron chi connectivity index (χ4n) is 3.65. The third kappa shape index (κ3) is 6.18. The van der Waals surface area contributed by atoms with Crippen LogP contribution in [0.4, 0.5) is 0 Å².